The van der Waals surface area contributed by atoms with E-state index in [4.69, 9.17) is 9.97 Å². The summed E-state index contributed by atoms with van der Waals surface area (Å²) in [5.74, 6) is -0.855. The number of benzene rings is 1. The largest absolute Gasteiger partial charge is 0.252 e. The summed E-state index contributed by atoms with van der Waals surface area (Å²) in [5.41, 5.74) is 1.39. The Morgan fingerprint density at radius 3 is 2.27 bits per heavy atom. The maximum Gasteiger partial charge on any atom is 0.167 e. The van der Waals surface area contributed by atoms with Gasteiger partial charge in [-0.15, -0.1) is 0 Å². The summed E-state index contributed by atoms with van der Waals surface area (Å²) in [5, 5.41) is 14.2. The minimum Gasteiger partial charge on any atom is -0.252 e. The van der Waals surface area contributed by atoms with E-state index in [0.29, 0.717) is 22.8 Å². The van der Waals surface area contributed by atoms with Gasteiger partial charge in [0.25, 0.3) is 0 Å². The van der Waals surface area contributed by atoms with Crippen molar-refractivity contribution >= 4 is 0 Å². The van der Waals surface area contributed by atoms with Gasteiger partial charge in [-0.1, -0.05) is 26.0 Å². The maximum atomic E-state index is 15.1. The number of fused-ring (bicyclic) bond motifs is 10. The molecular formula is C26H21F2N5. The minimum atomic E-state index is -0.978. The van der Waals surface area contributed by atoms with Gasteiger partial charge < -0.3 is 0 Å². The Balaban J connectivity index is 1.92. The number of rotatable bonds is 0. The van der Waals surface area contributed by atoms with Gasteiger partial charge in [-0.25, -0.2) is 18.4 Å². The van der Waals surface area contributed by atoms with E-state index in [9.17, 15) is 9.65 Å². The molecular weight excluding hydrogens is 420 g/mol. The van der Waals surface area contributed by atoms with E-state index in [1.807, 2.05) is 38.1 Å². The minimum absolute atomic E-state index is 0.158. The first-order valence-corrected chi connectivity index (χ1v) is 10.6. The zero-order valence-corrected chi connectivity index (χ0v) is 18.7. The van der Waals surface area contributed by atoms with Gasteiger partial charge in [0, 0.05) is 34.2 Å². The third kappa shape index (κ3) is 3.13. The third-order valence-corrected chi connectivity index (χ3v) is 6.50. The van der Waals surface area contributed by atoms with Crippen LogP contribution in [0.1, 0.15) is 55.9 Å². The second kappa shape index (κ2) is 7.04. The summed E-state index contributed by atoms with van der Waals surface area (Å²) < 4.78 is 31.6. The number of hydrogen-bond acceptors (Lipinski definition) is 4. The molecule has 4 aromatic rings. The molecule has 3 aromatic heterocycles. The van der Waals surface area contributed by atoms with E-state index >= 15 is 4.39 Å². The monoisotopic (exact) mass is 441 g/mol. The van der Waals surface area contributed by atoms with E-state index < -0.39 is 22.5 Å². The van der Waals surface area contributed by atoms with E-state index in [1.54, 1.807) is 32.2 Å². The Morgan fingerprint density at radius 2 is 1.55 bits per heavy atom. The lowest BCUT2D eigenvalue weighted by molar-refractivity contribution is 0.531. The molecule has 0 spiro atoms. The van der Waals surface area contributed by atoms with E-state index in [-0.39, 0.29) is 16.8 Å². The molecule has 33 heavy (non-hydrogen) atoms. The lowest BCUT2D eigenvalue weighted by atomic mass is 9.77. The van der Waals surface area contributed by atoms with Gasteiger partial charge >= 0.3 is 0 Å². The van der Waals surface area contributed by atoms with Crippen LogP contribution in [-0.4, -0.2) is 19.7 Å². The van der Waals surface area contributed by atoms with Crippen LogP contribution in [0.4, 0.5) is 8.78 Å². The Labute approximate surface area is 190 Å². The lowest BCUT2D eigenvalue weighted by Crippen LogP contribution is -2.24. The molecule has 1 aromatic carbocycles. The maximum absolute atomic E-state index is 15.1. The molecule has 0 atom stereocenters. The van der Waals surface area contributed by atoms with Crippen molar-refractivity contribution in [2.75, 3.05) is 0 Å². The van der Waals surface area contributed by atoms with Crippen molar-refractivity contribution in [2.24, 2.45) is 0 Å². The van der Waals surface area contributed by atoms with Crippen LogP contribution in [0.25, 0.3) is 17.1 Å². The van der Waals surface area contributed by atoms with Gasteiger partial charge in [-0.05, 0) is 49.7 Å². The highest BCUT2D eigenvalue weighted by molar-refractivity contribution is 5.63. The van der Waals surface area contributed by atoms with Gasteiger partial charge in [0.2, 0.25) is 0 Å². The summed E-state index contributed by atoms with van der Waals surface area (Å²) in [4.78, 5) is 9.55. The lowest BCUT2D eigenvalue weighted by Gasteiger charge is -2.27. The SMILES string of the molecule is CC1(C)c2cccc(n2)-c2cc(c(F)cc2F)C(C)(C)c2cn(nc2C#N)-c2cccc1n2. The standard InChI is InChI=1S/C26H21F2N5/c1-25(2)16-11-15(18(27)12-19(16)28)20-7-5-8-22(30-20)26(3,4)23-9-6-10-24(31-23)33-14-17(25)21(13-29)32-33/h5-12,14H,1-4H3. The number of pyridine rings is 2. The van der Waals surface area contributed by atoms with Crippen molar-refractivity contribution in [1.82, 2.24) is 19.7 Å². The summed E-state index contributed by atoms with van der Waals surface area (Å²) in [6.07, 6.45) is 1.70. The van der Waals surface area contributed by atoms with Crippen molar-refractivity contribution in [3.8, 4) is 23.1 Å². The average Bonchev–Trinajstić information content (AvgIpc) is 3.24. The molecule has 4 heterocycles. The number of nitrogens with zero attached hydrogens (tertiary/aromatic N) is 5. The number of hydrogen-bond donors (Lipinski definition) is 0. The first-order chi connectivity index (χ1) is 15.6. The molecule has 0 radical (unpaired) electrons. The molecule has 0 N–H and O–H groups in total. The number of nitriles is 1. The number of aromatic nitrogens is 4. The molecule has 0 amide bonds. The van der Waals surface area contributed by atoms with Crippen molar-refractivity contribution < 1.29 is 8.78 Å². The molecule has 5 rings (SSSR count). The van der Waals surface area contributed by atoms with E-state index in [1.165, 1.54) is 10.7 Å². The molecule has 7 heteroatoms. The Bertz CT molecular complexity index is 1460. The normalized spacial score (nSPS) is 15.4. The molecule has 0 saturated heterocycles. The van der Waals surface area contributed by atoms with Crippen molar-refractivity contribution in [3.05, 3.63) is 94.6 Å². The zero-order chi connectivity index (χ0) is 23.5. The second-order valence-corrected chi connectivity index (χ2v) is 9.30. The molecule has 8 bridgehead atoms. The first kappa shape index (κ1) is 21.0. The number of halogens is 2. The molecule has 0 unspecified atom stereocenters. The van der Waals surface area contributed by atoms with Crippen LogP contribution in [-0.2, 0) is 10.8 Å². The zero-order valence-electron chi connectivity index (χ0n) is 18.7. The van der Waals surface area contributed by atoms with Crippen LogP contribution < -0.4 is 0 Å². The van der Waals surface area contributed by atoms with Gasteiger partial charge in [-0.3, -0.25) is 4.98 Å². The Kier molecular flexibility index (Phi) is 4.47. The highest BCUT2D eigenvalue weighted by Crippen LogP contribution is 2.39. The summed E-state index contributed by atoms with van der Waals surface area (Å²) in [7, 11) is 0. The van der Waals surface area contributed by atoms with Crippen LogP contribution in [0.3, 0.4) is 0 Å². The Hall–Kier alpha value is -3.92. The fourth-order valence-electron chi connectivity index (χ4n) is 4.36. The van der Waals surface area contributed by atoms with Crippen molar-refractivity contribution in [2.45, 2.75) is 38.5 Å². The molecule has 5 nitrogen and oxygen atoms in total. The van der Waals surface area contributed by atoms with Crippen LogP contribution >= 0.6 is 0 Å². The summed E-state index contributed by atoms with van der Waals surface area (Å²) >= 11 is 0. The smallest absolute Gasteiger partial charge is 0.167 e. The first-order valence-electron chi connectivity index (χ1n) is 10.6. The fourth-order valence-corrected chi connectivity index (χ4v) is 4.36. The fraction of sp³-hybridized carbons (Fsp3) is 0.231. The van der Waals surface area contributed by atoms with E-state index in [0.717, 1.165) is 11.8 Å². The van der Waals surface area contributed by atoms with Gasteiger partial charge in [0.15, 0.2) is 11.5 Å². The second-order valence-electron chi connectivity index (χ2n) is 9.30. The predicted octanol–water partition coefficient (Wildman–Crippen LogP) is 5.44. The predicted molar refractivity (Wildman–Crippen MR) is 120 cm³/mol. The summed E-state index contributed by atoms with van der Waals surface area (Å²) in [6.45, 7) is 7.56. The van der Waals surface area contributed by atoms with E-state index in [2.05, 4.69) is 11.2 Å². The van der Waals surface area contributed by atoms with Gasteiger partial charge in [-0.2, -0.15) is 10.4 Å². The molecule has 1 aliphatic heterocycles. The molecule has 164 valence electrons. The summed E-state index contributed by atoms with van der Waals surface area (Å²) in [6, 6.07) is 15.5. The van der Waals surface area contributed by atoms with Gasteiger partial charge in [0.1, 0.15) is 17.7 Å². The average molecular weight is 441 g/mol. The van der Waals surface area contributed by atoms with Crippen LogP contribution in [0, 0.1) is 23.0 Å². The third-order valence-electron chi connectivity index (χ3n) is 6.50. The highest BCUT2D eigenvalue weighted by Gasteiger charge is 2.34. The van der Waals surface area contributed by atoms with Crippen molar-refractivity contribution in [1.29, 1.82) is 5.26 Å². The molecule has 0 fully saturated rings. The quantitative estimate of drug-likeness (QED) is 0.364. The molecule has 0 saturated carbocycles. The molecule has 0 aliphatic carbocycles. The van der Waals surface area contributed by atoms with Crippen LogP contribution in [0.5, 0.6) is 0 Å². The molecule has 1 aliphatic rings. The topological polar surface area (TPSA) is 67.4 Å². The van der Waals surface area contributed by atoms with Crippen molar-refractivity contribution in [3.63, 3.8) is 0 Å². The Morgan fingerprint density at radius 1 is 0.848 bits per heavy atom. The highest BCUT2D eigenvalue weighted by atomic mass is 19.1. The van der Waals surface area contributed by atoms with Crippen LogP contribution in [0.15, 0.2) is 54.7 Å². The van der Waals surface area contributed by atoms with Gasteiger partial charge in [0.05, 0.1) is 17.1 Å². The van der Waals surface area contributed by atoms with Crippen LogP contribution in [0.2, 0.25) is 0 Å².